The molecule has 0 aromatic carbocycles. The average Bonchev–Trinajstić information content (AvgIpc) is 3.28. The molecule has 1 aliphatic carbocycles. The summed E-state index contributed by atoms with van der Waals surface area (Å²) in [4.78, 5) is 9.21. The summed E-state index contributed by atoms with van der Waals surface area (Å²) in [6.45, 7) is 5.00. The number of fused-ring (bicyclic) bond motifs is 3. The van der Waals surface area contributed by atoms with E-state index in [-0.39, 0.29) is 0 Å². The molecule has 0 bridgehead atoms. The Bertz CT molecular complexity index is 1050. The van der Waals surface area contributed by atoms with Gasteiger partial charge < -0.3 is 15.6 Å². The monoisotopic (exact) mass is 383 g/mol. The molecule has 0 unspecified atom stereocenters. The number of rotatable bonds is 6. The fourth-order valence-corrected chi connectivity index (χ4v) is 2.92. The maximum atomic E-state index is 12.9. The summed E-state index contributed by atoms with van der Waals surface area (Å²) < 4.78 is 16.6. The van der Waals surface area contributed by atoms with Gasteiger partial charge in [0.15, 0.2) is 22.6 Å². The van der Waals surface area contributed by atoms with E-state index in [1.165, 1.54) is 7.05 Å². The molecule has 1 fully saturated rings. The molecule has 8 heteroatoms. The number of nitrogens with two attached hydrogens (primary N) is 1. The minimum absolute atomic E-state index is 0.476. The second kappa shape index (κ2) is 8.35. The Hall–Kier alpha value is -3.00. The fourth-order valence-electron chi connectivity index (χ4n) is 2.92. The van der Waals surface area contributed by atoms with Crippen molar-refractivity contribution in [2.24, 2.45) is 12.8 Å². The van der Waals surface area contributed by atoms with E-state index in [4.69, 9.17) is 10.1 Å². The number of imidazole rings is 1. The number of hydrogen-bond acceptors (Lipinski definition) is 5. The van der Waals surface area contributed by atoms with Gasteiger partial charge >= 0.3 is 0 Å². The van der Waals surface area contributed by atoms with Gasteiger partial charge in [-0.2, -0.15) is 9.61 Å². The maximum Gasteiger partial charge on any atom is 0.167 e. The van der Waals surface area contributed by atoms with Gasteiger partial charge in [-0.3, -0.25) is 0 Å². The number of nitrogens with one attached hydrogen (secondary N) is 1. The van der Waals surface area contributed by atoms with Crippen molar-refractivity contribution in [2.75, 3.05) is 19.0 Å². The van der Waals surface area contributed by atoms with Crippen molar-refractivity contribution < 1.29 is 4.39 Å². The third-order valence-corrected chi connectivity index (χ3v) is 4.37. The Morgan fingerprint density at radius 3 is 2.82 bits per heavy atom. The van der Waals surface area contributed by atoms with Crippen molar-refractivity contribution in [1.29, 1.82) is 0 Å². The van der Waals surface area contributed by atoms with Crippen molar-refractivity contribution in [3.05, 3.63) is 48.5 Å². The molecular formula is C20H26FN7. The van der Waals surface area contributed by atoms with Crippen molar-refractivity contribution in [1.82, 2.24) is 24.1 Å². The highest BCUT2D eigenvalue weighted by atomic mass is 19.1. The smallest absolute Gasteiger partial charge is 0.167 e. The fraction of sp³-hybridized carbons (Fsp3) is 0.350. The van der Waals surface area contributed by atoms with Gasteiger partial charge in [0.1, 0.15) is 6.67 Å². The molecule has 28 heavy (non-hydrogen) atoms. The van der Waals surface area contributed by atoms with Crippen LogP contribution in [0.4, 0.5) is 10.2 Å². The molecule has 1 aliphatic rings. The highest BCUT2D eigenvalue weighted by Gasteiger charge is 2.24. The topological polar surface area (TPSA) is 86.1 Å². The molecule has 4 rings (SSSR count). The van der Waals surface area contributed by atoms with E-state index in [0.717, 1.165) is 46.7 Å². The zero-order valence-electron chi connectivity index (χ0n) is 16.5. The predicted octanol–water partition coefficient (Wildman–Crippen LogP) is 3.25. The molecule has 0 atom stereocenters. The van der Waals surface area contributed by atoms with Crippen LogP contribution < -0.4 is 11.1 Å². The third kappa shape index (κ3) is 3.82. The van der Waals surface area contributed by atoms with E-state index in [9.17, 15) is 4.39 Å². The number of allylic oxidation sites excluding steroid dienone is 5. The summed E-state index contributed by atoms with van der Waals surface area (Å²) in [5.41, 5.74) is 9.04. The first-order chi connectivity index (χ1) is 13.6. The third-order valence-electron chi connectivity index (χ3n) is 4.37. The van der Waals surface area contributed by atoms with Crippen molar-refractivity contribution in [2.45, 2.75) is 25.8 Å². The number of aromatic nitrogens is 5. The lowest BCUT2D eigenvalue weighted by molar-refractivity contribution is 0.543. The first kappa shape index (κ1) is 19.8. The number of halogens is 1. The van der Waals surface area contributed by atoms with Gasteiger partial charge in [-0.1, -0.05) is 24.8 Å². The first-order valence-electron chi connectivity index (χ1n) is 9.22. The second-order valence-corrected chi connectivity index (χ2v) is 6.69. The molecule has 7 nitrogen and oxygen atoms in total. The minimum Gasteiger partial charge on any atom is -0.365 e. The SMILES string of the molecule is C=C/C=C(\C=C(\C)CF)c1cc2nc(NC3CC3)c3ncn(C)c3n2n1.CN. The Balaban J connectivity index is 0.00000109. The standard InChI is InChI=1S/C19H21FN6.CH5N/c1-4-5-13(8-12(2)10-20)15-9-16-23-18(22-14-6-7-14)17-19(26(16)24-15)25(3)11-21-17;1-2/h4-5,8-9,11,14H,1,6-7,10H2,2-3H3,(H,22,23);2H2,1H3/b12-8-,13-5+;. The van der Waals surface area contributed by atoms with Crippen LogP contribution in [-0.4, -0.2) is 43.9 Å². The quantitative estimate of drug-likeness (QED) is 0.638. The number of nitrogens with zero attached hydrogens (tertiary/aromatic N) is 5. The summed E-state index contributed by atoms with van der Waals surface area (Å²) in [5.74, 6) is 0.784. The van der Waals surface area contributed by atoms with Crippen LogP contribution in [-0.2, 0) is 7.05 Å². The van der Waals surface area contributed by atoms with Gasteiger partial charge in [-0.05, 0) is 32.4 Å². The van der Waals surface area contributed by atoms with Gasteiger partial charge in [0, 0.05) is 24.7 Å². The van der Waals surface area contributed by atoms with E-state index in [2.05, 4.69) is 22.6 Å². The molecule has 0 amide bonds. The van der Waals surface area contributed by atoms with E-state index < -0.39 is 6.67 Å². The van der Waals surface area contributed by atoms with Crippen LogP contribution in [0.2, 0.25) is 0 Å². The largest absolute Gasteiger partial charge is 0.365 e. The summed E-state index contributed by atoms with van der Waals surface area (Å²) in [5, 5.41) is 8.15. The number of anilines is 1. The molecule has 0 aliphatic heterocycles. The van der Waals surface area contributed by atoms with Gasteiger partial charge in [0.05, 0.1) is 12.0 Å². The zero-order chi connectivity index (χ0) is 20.3. The van der Waals surface area contributed by atoms with Gasteiger partial charge in [-0.25, -0.2) is 14.4 Å². The zero-order valence-corrected chi connectivity index (χ0v) is 16.5. The van der Waals surface area contributed by atoms with Crippen LogP contribution in [0.15, 0.2) is 42.8 Å². The number of aryl methyl sites for hydroxylation is 1. The summed E-state index contributed by atoms with van der Waals surface area (Å²) in [6, 6.07) is 2.38. The molecule has 3 heterocycles. The average molecular weight is 383 g/mol. The molecule has 1 saturated carbocycles. The first-order valence-corrected chi connectivity index (χ1v) is 9.22. The van der Waals surface area contributed by atoms with Gasteiger partial charge in [0.2, 0.25) is 0 Å². The molecule has 0 radical (unpaired) electrons. The molecular weight excluding hydrogens is 357 g/mol. The lowest BCUT2D eigenvalue weighted by atomic mass is 10.1. The maximum absolute atomic E-state index is 12.9. The molecule has 3 aromatic heterocycles. The van der Waals surface area contributed by atoms with Crippen LogP contribution in [0.5, 0.6) is 0 Å². The highest BCUT2D eigenvalue weighted by Crippen LogP contribution is 2.29. The van der Waals surface area contributed by atoms with E-state index >= 15 is 0 Å². The summed E-state index contributed by atoms with van der Waals surface area (Å²) in [7, 11) is 3.44. The second-order valence-electron chi connectivity index (χ2n) is 6.69. The van der Waals surface area contributed by atoms with Crippen LogP contribution in [0.3, 0.4) is 0 Å². The lowest BCUT2D eigenvalue weighted by Crippen LogP contribution is -2.07. The molecule has 148 valence electrons. The Kier molecular flexibility index (Phi) is 5.89. The van der Waals surface area contributed by atoms with Crippen LogP contribution in [0.1, 0.15) is 25.5 Å². The van der Waals surface area contributed by atoms with Crippen LogP contribution in [0.25, 0.3) is 22.4 Å². The predicted molar refractivity (Wildman–Crippen MR) is 112 cm³/mol. The van der Waals surface area contributed by atoms with E-state index in [1.807, 2.05) is 23.8 Å². The summed E-state index contributed by atoms with van der Waals surface area (Å²) in [6.07, 6.45) is 9.36. The summed E-state index contributed by atoms with van der Waals surface area (Å²) >= 11 is 0. The highest BCUT2D eigenvalue weighted by molar-refractivity contribution is 5.87. The van der Waals surface area contributed by atoms with E-state index in [0.29, 0.717) is 11.6 Å². The minimum atomic E-state index is -0.498. The molecule has 0 saturated heterocycles. The number of hydrogen-bond donors (Lipinski definition) is 2. The van der Waals surface area contributed by atoms with Crippen molar-refractivity contribution in [3.8, 4) is 0 Å². The Morgan fingerprint density at radius 2 is 2.18 bits per heavy atom. The van der Waals surface area contributed by atoms with Crippen LogP contribution in [0, 0.1) is 0 Å². The van der Waals surface area contributed by atoms with Crippen molar-refractivity contribution >= 4 is 28.2 Å². The molecule has 3 aromatic rings. The Labute approximate surface area is 163 Å². The molecule has 3 N–H and O–H groups in total. The van der Waals surface area contributed by atoms with Gasteiger partial charge in [-0.15, -0.1) is 0 Å². The molecule has 0 spiro atoms. The number of alkyl halides is 1. The lowest BCUT2D eigenvalue weighted by Gasteiger charge is -2.06. The van der Waals surface area contributed by atoms with Crippen LogP contribution >= 0.6 is 0 Å². The normalized spacial score (nSPS) is 14.9. The van der Waals surface area contributed by atoms with Crippen molar-refractivity contribution in [3.63, 3.8) is 0 Å². The van der Waals surface area contributed by atoms with E-state index in [1.54, 1.807) is 29.9 Å². The van der Waals surface area contributed by atoms with Gasteiger partial charge in [0.25, 0.3) is 0 Å². The Morgan fingerprint density at radius 1 is 1.43 bits per heavy atom.